The highest BCUT2D eigenvalue weighted by atomic mass is 32.1. The normalized spacial score (nSPS) is 10.7. The highest BCUT2D eigenvalue weighted by Crippen LogP contribution is 2.29. The lowest BCUT2D eigenvalue weighted by Gasteiger charge is -2.00. The zero-order chi connectivity index (χ0) is 14.7. The van der Waals surface area contributed by atoms with Crippen molar-refractivity contribution in [2.45, 2.75) is 13.3 Å². The van der Waals surface area contributed by atoms with Gasteiger partial charge in [-0.2, -0.15) is 8.75 Å². The van der Waals surface area contributed by atoms with Crippen molar-refractivity contribution < 1.29 is 4.79 Å². The first kappa shape index (κ1) is 14.3. The zero-order valence-electron chi connectivity index (χ0n) is 11.2. The van der Waals surface area contributed by atoms with Crippen LogP contribution >= 0.6 is 34.4 Å². The van der Waals surface area contributed by atoms with E-state index in [9.17, 15) is 4.79 Å². The molecule has 3 aromatic rings. The summed E-state index contributed by atoms with van der Waals surface area (Å²) in [5.41, 5.74) is 1.41. The van der Waals surface area contributed by atoms with Crippen LogP contribution in [0.25, 0.3) is 10.6 Å². The Labute approximate surface area is 134 Å². The number of carbonyl (C=O) groups is 1. The van der Waals surface area contributed by atoms with E-state index in [0.717, 1.165) is 28.9 Å². The highest BCUT2D eigenvalue weighted by Gasteiger charge is 2.09. The predicted octanol–water partition coefficient (Wildman–Crippen LogP) is 3.00. The van der Waals surface area contributed by atoms with Crippen LogP contribution < -0.4 is 5.32 Å². The van der Waals surface area contributed by atoms with E-state index in [-0.39, 0.29) is 5.91 Å². The minimum Gasteiger partial charge on any atom is -0.350 e. The first-order valence-corrected chi connectivity index (χ1v) is 8.72. The Bertz CT molecular complexity index is 732. The molecule has 0 spiro atoms. The molecule has 8 heteroatoms. The Morgan fingerprint density at radius 1 is 1.38 bits per heavy atom. The molecule has 3 rings (SSSR count). The third kappa shape index (κ3) is 3.52. The van der Waals surface area contributed by atoms with E-state index in [2.05, 4.69) is 36.6 Å². The number of thiazole rings is 1. The third-order valence-electron chi connectivity index (χ3n) is 2.78. The number of hydrogen-bond donors (Lipinski definition) is 1. The average Bonchev–Trinajstić information content (AvgIpc) is 3.19. The molecule has 0 aromatic carbocycles. The van der Waals surface area contributed by atoms with E-state index in [1.807, 2.05) is 6.92 Å². The summed E-state index contributed by atoms with van der Waals surface area (Å²) in [6, 6.07) is 4.17. The topological polar surface area (TPSA) is 67.8 Å². The summed E-state index contributed by atoms with van der Waals surface area (Å²) in [6.45, 7) is 2.60. The molecule has 0 aliphatic carbocycles. The van der Waals surface area contributed by atoms with Gasteiger partial charge in [0.05, 0.1) is 33.5 Å². The first-order valence-electron chi connectivity index (χ1n) is 6.29. The van der Waals surface area contributed by atoms with Crippen molar-refractivity contribution in [1.82, 2.24) is 19.0 Å². The van der Waals surface area contributed by atoms with E-state index >= 15 is 0 Å². The lowest BCUT2D eigenvalue weighted by molar-refractivity contribution is 0.0950. The van der Waals surface area contributed by atoms with Crippen LogP contribution in [0.15, 0.2) is 23.7 Å². The summed E-state index contributed by atoms with van der Waals surface area (Å²) in [6.07, 6.45) is 2.28. The Balaban J connectivity index is 1.54. The lowest BCUT2D eigenvalue weighted by Crippen LogP contribution is -2.25. The molecule has 108 valence electrons. The second kappa shape index (κ2) is 6.42. The molecule has 0 unspecified atom stereocenters. The molecule has 1 N–H and O–H groups in total. The number of thiophene rings is 1. The van der Waals surface area contributed by atoms with Crippen LogP contribution in [-0.2, 0) is 6.42 Å². The molecular weight excluding hydrogens is 324 g/mol. The molecule has 0 bridgehead atoms. The molecule has 5 nitrogen and oxygen atoms in total. The smallest absolute Gasteiger partial charge is 0.272 e. The van der Waals surface area contributed by atoms with Crippen LogP contribution in [-0.4, -0.2) is 26.2 Å². The van der Waals surface area contributed by atoms with Gasteiger partial charge < -0.3 is 5.32 Å². The van der Waals surface area contributed by atoms with E-state index in [4.69, 9.17) is 0 Å². The quantitative estimate of drug-likeness (QED) is 0.778. The first-order chi connectivity index (χ1) is 10.2. The minimum absolute atomic E-state index is 0.171. The Hall–Kier alpha value is -1.64. The van der Waals surface area contributed by atoms with Crippen molar-refractivity contribution in [2.24, 2.45) is 0 Å². The van der Waals surface area contributed by atoms with Crippen LogP contribution in [0.2, 0.25) is 0 Å². The second-order valence-electron chi connectivity index (χ2n) is 4.32. The van der Waals surface area contributed by atoms with E-state index in [1.165, 1.54) is 16.0 Å². The molecule has 0 aliphatic heterocycles. The Morgan fingerprint density at radius 3 is 3.00 bits per heavy atom. The standard InChI is InChI=1S/C13H12N4OS3/c1-8-16-11(7-19-8)12-3-2-9(20-12)4-5-14-13(18)10-6-15-21-17-10/h2-3,6-7H,4-5H2,1H3,(H,14,18). The van der Waals surface area contributed by atoms with Crippen molar-refractivity contribution >= 4 is 40.3 Å². The summed E-state index contributed by atoms with van der Waals surface area (Å²) in [7, 11) is 0. The maximum atomic E-state index is 11.7. The van der Waals surface area contributed by atoms with Crippen molar-refractivity contribution in [3.8, 4) is 10.6 Å². The van der Waals surface area contributed by atoms with Crippen molar-refractivity contribution in [3.63, 3.8) is 0 Å². The molecule has 1 amide bonds. The van der Waals surface area contributed by atoms with Crippen LogP contribution in [0.4, 0.5) is 0 Å². The van der Waals surface area contributed by atoms with Gasteiger partial charge in [0.25, 0.3) is 5.91 Å². The predicted molar refractivity (Wildman–Crippen MR) is 86.1 cm³/mol. The minimum atomic E-state index is -0.171. The molecule has 0 aliphatic rings. The molecule has 21 heavy (non-hydrogen) atoms. The van der Waals surface area contributed by atoms with Crippen molar-refractivity contribution in [3.05, 3.63) is 39.3 Å². The molecule has 0 radical (unpaired) electrons. The summed E-state index contributed by atoms with van der Waals surface area (Å²) in [4.78, 5) is 18.6. The fraction of sp³-hybridized carbons (Fsp3) is 0.231. The maximum absolute atomic E-state index is 11.7. The van der Waals surface area contributed by atoms with E-state index in [0.29, 0.717) is 12.2 Å². The number of amides is 1. The van der Waals surface area contributed by atoms with Gasteiger partial charge in [0, 0.05) is 16.8 Å². The van der Waals surface area contributed by atoms with Gasteiger partial charge in [0.1, 0.15) is 0 Å². The van der Waals surface area contributed by atoms with Crippen LogP contribution in [0.3, 0.4) is 0 Å². The summed E-state index contributed by atoms with van der Waals surface area (Å²) >= 11 is 4.41. The molecule has 3 aromatic heterocycles. The Morgan fingerprint density at radius 2 is 2.29 bits per heavy atom. The number of nitrogens with zero attached hydrogens (tertiary/aromatic N) is 3. The van der Waals surface area contributed by atoms with E-state index in [1.54, 1.807) is 22.7 Å². The zero-order valence-corrected chi connectivity index (χ0v) is 13.6. The lowest BCUT2D eigenvalue weighted by atomic mass is 10.3. The van der Waals surface area contributed by atoms with Crippen LogP contribution in [0.1, 0.15) is 20.4 Å². The Kier molecular flexibility index (Phi) is 4.37. The monoisotopic (exact) mass is 336 g/mol. The molecular formula is C13H12N4OS3. The molecule has 0 saturated carbocycles. The van der Waals surface area contributed by atoms with Crippen LogP contribution in [0.5, 0.6) is 0 Å². The molecule has 0 fully saturated rings. The van der Waals surface area contributed by atoms with Gasteiger partial charge in [0.15, 0.2) is 5.69 Å². The molecule has 0 atom stereocenters. The van der Waals surface area contributed by atoms with Gasteiger partial charge >= 0.3 is 0 Å². The summed E-state index contributed by atoms with van der Waals surface area (Å²) < 4.78 is 7.72. The highest BCUT2D eigenvalue weighted by molar-refractivity contribution is 7.16. The maximum Gasteiger partial charge on any atom is 0.272 e. The number of rotatable bonds is 5. The van der Waals surface area contributed by atoms with Gasteiger partial charge in [-0.15, -0.1) is 22.7 Å². The summed E-state index contributed by atoms with van der Waals surface area (Å²) in [5.74, 6) is -0.171. The van der Waals surface area contributed by atoms with Gasteiger partial charge in [-0.3, -0.25) is 4.79 Å². The van der Waals surface area contributed by atoms with E-state index < -0.39 is 0 Å². The van der Waals surface area contributed by atoms with Gasteiger partial charge in [-0.25, -0.2) is 4.98 Å². The van der Waals surface area contributed by atoms with Crippen molar-refractivity contribution in [2.75, 3.05) is 6.54 Å². The van der Waals surface area contributed by atoms with Gasteiger partial charge in [-0.1, -0.05) is 0 Å². The number of nitrogens with one attached hydrogen (secondary N) is 1. The number of hydrogen-bond acceptors (Lipinski definition) is 7. The number of carbonyl (C=O) groups excluding carboxylic acids is 1. The molecule has 0 saturated heterocycles. The second-order valence-corrected chi connectivity index (χ2v) is 7.10. The van der Waals surface area contributed by atoms with Gasteiger partial charge in [0.2, 0.25) is 0 Å². The van der Waals surface area contributed by atoms with Crippen LogP contribution in [0, 0.1) is 6.92 Å². The largest absolute Gasteiger partial charge is 0.350 e. The summed E-state index contributed by atoms with van der Waals surface area (Å²) in [5, 5.41) is 5.99. The average molecular weight is 336 g/mol. The fourth-order valence-corrected chi connectivity index (χ4v) is 3.85. The SMILES string of the molecule is Cc1nc(-c2ccc(CCNC(=O)c3cnsn3)s2)cs1. The number of aromatic nitrogens is 3. The van der Waals surface area contributed by atoms with Gasteiger partial charge in [-0.05, 0) is 25.5 Å². The van der Waals surface area contributed by atoms with Crippen molar-refractivity contribution in [1.29, 1.82) is 0 Å². The molecule has 3 heterocycles. The number of aryl methyl sites for hydroxylation is 1. The fourth-order valence-electron chi connectivity index (χ4n) is 1.78. The third-order valence-corrected chi connectivity index (χ3v) is 5.20.